The molecular weight excluding hydrogens is 2090 g/mol. The van der Waals surface area contributed by atoms with E-state index in [1.165, 1.54) is 22.6 Å². The molecule has 0 amide bonds. The summed E-state index contributed by atoms with van der Waals surface area (Å²) >= 11 is 6.65. The molecule has 0 aliphatic rings. The van der Waals surface area contributed by atoms with Crippen molar-refractivity contribution in [3.63, 3.8) is 0 Å². The Morgan fingerprint density at radius 1 is 0.273 bits per heavy atom. The Labute approximate surface area is 912 Å². The van der Waals surface area contributed by atoms with Crippen molar-refractivity contribution in [1.29, 1.82) is 0 Å². The molecule has 7 rings (SSSR count). The van der Waals surface area contributed by atoms with Crippen molar-refractivity contribution in [3.05, 3.63) is 190 Å². The minimum absolute atomic E-state index is 0. The largest absolute Gasteiger partial charge is 1.00 e. The molecule has 0 unspecified atom stereocenters. The average Bonchev–Trinajstić information content (AvgIpc) is 0.807. The molecule has 7 aromatic carbocycles. The Bertz CT molecular complexity index is 3370. The number of nitrogens with zero attached hydrogens (tertiary/aromatic N) is 3. The second-order valence-corrected chi connectivity index (χ2v) is 65.6. The Morgan fingerprint density at radius 2 is 0.461 bits per heavy atom. The molecule has 0 aliphatic heterocycles. The van der Waals surface area contributed by atoms with E-state index in [1.54, 1.807) is 21.3 Å². The van der Waals surface area contributed by atoms with Gasteiger partial charge in [0.15, 0.2) is 0 Å². The van der Waals surface area contributed by atoms with Crippen molar-refractivity contribution in [2.45, 2.75) is 355 Å². The second kappa shape index (κ2) is 73.6. The van der Waals surface area contributed by atoms with Crippen LogP contribution in [0.1, 0.15) is 292 Å². The zero-order valence-electron chi connectivity index (χ0n) is 85.9. The number of methoxy groups -OCH3 is 3. The van der Waals surface area contributed by atoms with Gasteiger partial charge in [-0.3, -0.25) is 0 Å². The number of nitrogen functional groups attached to an aromatic ring is 2. The van der Waals surface area contributed by atoms with Gasteiger partial charge in [0.2, 0.25) is 0 Å². The predicted molar refractivity (Wildman–Crippen MR) is 615 cm³/mol. The predicted octanol–water partition coefficient (Wildman–Crippen LogP) is 33.2. The van der Waals surface area contributed by atoms with E-state index in [2.05, 4.69) is 335 Å². The summed E-state index contributed by atoms with van der Waals surface area (Å²) in [5.41, 5.74) is 19.6. The van der Waals surface area contributed by atoms with Crippen LogP contribution in [0.2, 0.25) is 0 Å². The van der Waals surface area contributed by atoms with E-state index in [0.29, 0.717) is 61.9 Å². The van der Waals surface area contributed by atoms with E-state index < -0.39 is 31.7 Å². The monoisotopic (exact) mass is 2280 g/mol. The fourth-order valence-corrected chi connectivity index (χ4v) is 46.2. The number of anilines is 7. The van der Waals surface area contributed by atoms with Gasteiger partial charge < -0.3 is 51.2 Å². The maximum atomic E-state index is 5.51. The molecule has 0 spiro atoms. The van der Waals surface area contributed by atoms with Gasteiger partial charge in [-0.25, -0.2) is 0 Å². The number of nitrogens with two attached hydrogens (primary N) is 2. The molecule has 754 valence electrons. The van der Waals surface area contributed by atoms with Crippen LogP contribution in [0.5, 0.6) is 17.2 Å². The van der Waals surface area contributed by atoms with Crippen LogP contribution in [-0.4, -0.2) is 131 Å². The van der Waals surface area contributed by atoms with Crippen molar-refractivity contribution >= 4 is 153 Å². The Morgan fingerprint density at radius 3 is 0.609 bits per heavy atom. The van der Waals surface area contributed by atoms with Crippen molar-refractivity contribution in [2.24, 2.45) is 0 Å². The number of aryl methyl sites for hydroxylation is 1. The van der Waals surface area contributed by atoms with Crippen LogP contribution in [0.4, 0.5) is 39.8 Å². The quantitative estimate of drug-likeness (QED) is 0.0768. The first-order valence-electron chi connectivity index (χ1n) is 41.0. The summed E-state index contributed by atoms with van der Waals surface area (Å²) in [6, 6.07) is 57.5. The van der Waals surface area contributed by atoms with Crippen molar-refractivity contribution in [3.8, 4) is 17.2 Å². The van der Waals surface area contributed by atoms with Gasteiger partial charge in [-0.2, -0.15) is 0 Å². The second-order valence-electron chi connectivity index (χ2n) is 42.7. The molecule has 0 atom stereocenters. The number of hydrogen-bond acceptors (Lipinski definition) is 10. The Hall–Kier alpha value is -0.499. The van der Waals surface area contributed by atoms with Crippen LogP contribution < -0.4 is 97.1 Å². The first-order valence-corrected chi connectivity index (χ1v) is 48.6. The summed E-state index contributed by atoms with van der Waals surface area (Å²) in [5.74, 6) is 2.61. The molecule has 0 radical (unpaired) electrons. The number of rotatable bonds is 8. The molecular formula is C105H201Br2Cl4KN6O4P4Pd2+4. The van der Waals surface area contributed by atoms with Crippen LogP contribution >= 0.6 is 113 Å². The van der Waals surface area contributed by atoms with E-state index in [-0.39, 0.29) is 184 Å². The number of nitrogens with one attached hydrogen (secondary N) is 1. The molecule has 0 aromatic heterocycles. The first kappa shape index (κ1) is 164. The maximum absolute atomic E-state index is 5.51. The third-order valence-corrected chi connectivity index (χ3v) is 36.6. The molecule has 0 bridgehead atoms. The van der Waals surface area contributed by atoms with Gasteiger partial charge in [-0.05, 0) is 378 Å². The summed E-state index contributed by atoms with van der Waals surface area (Å²) in [6.45, 7) is 88.5. The van der Waals surface area contributed by atoms with E-state index in [4.69, 9.17) is 25.7 Å². The number of halogens is 6. The van der Waals surface area contributed by atoms with E-state index >= 15 is 0 Å². The molecule has 0 heterocycles. The summed E-state index contributed by atoms with van der Waals surface area (Å²) in [6.07, 6.45) is 0. The molecule has 0 saturated carbocycles. The molecule has 0 fully saturated rings. The van der Waals surface area contributed by atoms with Gasteiger partial charge in [0.25, 0.3) is 0 Å². The topological polar surface area (TPSA) is 131 Å². The van der Waals surface area contributed by atoms with Gasteiger partial charge in [0.05, 0.1) is 83.2 Å². The smallest absolute Gasteiger partial charge is 0.870 e. The fourth-order valence-electron chi connectivity index (χ4n) is 18.5. The summed E-state index contributed by atoms with van der Waals surface area (Å²) < 4.78 is 17.2. The molecule has 6 N–H and O–H groups in total. The van der Waals surface area contributed by atoms with Gasteiger partial charge in [-0.15, -0.1) is 49.6 Å². The first-order chi connectivity index (χ1) is 51.6. The van der Waals surface area contributed by atoms with Crippen molar-refractivity contribution in [2.75, 3.05) is 95.1 Å². The van der Waals surface area contributed by atoms with Gasteiger partial charge in [-0.1, -0.05) is 123 Å². The molecule has 10 nitrogen and oxygen atoms in total. The maximum Gasteiger partial charge on any atom is 1.00 e. The molecule has 0 saturated heterocycles. The number of benzene rings is 7. The Kier molecular flexibility index (Phi) is 94.4. The van der Waals surface area contributed by atoms with Crippen LogP contribution in [0.15, 0.2) is 185 Å². The number of hydrogen-bond donors (Lipinski definition) is 3. The standard InChI is InChI=1S/C15H18N2O.4C12H27P.2C8H12N2.2C7H7BrO.C7H8.5CH4.4ClH.K.H2O.2Pd/c1-17(2)14-9-7-12(8-10-14)16-13-5-4-6-15(11-13)18-3;4*1-10(2,3)13(11(4,5)6)12(7,8)9;2*1-10(2)8-5-3-7(9)4-6-8;2*1-9-7-4-2-3-6(8)5-7;1-7-5-3-2-4-6-7;;;;;;;;;;;;;/h4-11,16H,1-3H3;4*1-9H3;2*3-6H,9H2,1-2H3;2*2-5H,1H3;2-6H,1H3;5*1H4;4*1H;;1H2;;/q;;;;;;;;;;;;;;;;;;;+1;;;/p+3. The Balaban J connectivity index is -0.0000000775. The average molecular weight is 2290 g/mol. The minimum Gasteiger partial charge on any atom is -0.870 e. The third-order valence-electron chi connectivity index (χ3n) is 17.6. The van der Waals surface area contributed by atoms with Gasteiger partial charge >= 0.3 is 51.4 Å². The molecule has 0 aliphatic carbocycles. The number of ether oxygens (including phenoxy) is 3. The molecule has 128 heavy (non-hydrogen) atoms. The van der Waals surface area contributed by atoms with Crippen LogP contribution in [0, 0.1) is 6.92 Å². The van der Waals surface area contributed by atoms with E-state index in [9.17, 15) is 0 Å². The van der Waals surface area contributed by atoms with Crippen LogP contribution in [0.3, 0.4) is 0 Å². The molecule has 7 aromatic rings. The van der Waals surface area contributed by atoms with Crippen LogP contribution in [0.25, 0.3) is 0 Å². The summed E-state index contributed by atoms with van der Waals surface area (Å²) in [4.78, 5) is 6.16. The summed E-state index contributed by atoms with van der Waals surface area (Å²) in [5, 5.41) is 9.19. The minimum atomic E-state index is -0.391. The SMILES string of the molecule is C.C.C.C.C.CC(C)(C)[PH+](C(C)(C)C)C(C)(C)C.CC(C)(C)[PH+](C(C)(C)C)C(C)(C)C.CC(C)(C)[PH+](C(C)(C)C)C(C)(C)C.CC(C)(C)[PH+](C(C)(C)C)C(C)(C)C.CN(C)c1ccc(N)cc1.CN(C)c1ccc(N)cc1.COc1cccc(Br)c1.COc1cccc(Br)c1.COc1cccc(Nc2ccc(N(C)C)cc2)c1.Cc1ccccc1.Cl.Cl.Cl.Cl.[K+].[OH-].[Pd].[Pd]. The summed E-state index contributed by atoms with van der Waals surface area (Å²) in [7, 11) is 15.5. The zero-order chi connectivity index (χ0) is 90.9. The van der Waals surface area contributed by atoms with E-state index in [1.807, 2.05) is 192 Å². The zero-order valence-corrected chi connectivity index (χ0v) is 103. The normalized spacial score (nSPS) is 10.8. The fraction of sp³-hybridized carbons (Fsp3) is 0.600. The van der Waals surface area contributed by atoms with Gasteiger partial charge in [0.1, 0.15) is 17.2 Å². The van der Waals surface area contributed by atoms with E-state index in [0.717, 1.165) is 48.9 Å². The van der Waals surface area contributed by atoms with Crippen molar-refractivity contribution < 1.29 is 112 Å². The molecule has 23 heteroatoms. The van der Waals surface area contributed by atoms with Crippen molar-refractivity contribution in [1.82, 2.24) is 0 Å². The van der Waals surface area contributed by atoms with Crippen LogP contribution in [-0.2, 0) is 40.8 Å². The van der Waals surface area contributed by atoms with Gasteiger partial charge in [0, 0.05) is 170 Å². The third kappa shape index (κ3) is 74.6.